The van der Waals surface area contributed by atoms with Crippen molar-refractivity contribution in [3.05, 3.63) is 36.1 Å². The summed E-state index contributed by atoms with van der Waals surface area (Å²) < 4.78 is 42.5. The molecule has 4 aliphatic rings. The molecule has 0 spiro atoms. The Labute approximate surface area is 320 Å². The van der Waals surface area contributed by atoms with E-state index < -0.39 is 66.6 Å². The average Bonchev–Trinajstić information content (AvgIpc) is 3.11. The summed E-state index contributed by atoms with van der Waals surface area (Å²) in [6.45, 7) is 9.11. The van der Waals surface area contributed by atoms with E-state index in [0.717, 1.165) is 51.2 Å². The number of carbonyl (C=O) groups is 3. The number of rotatable bonds is 11. The van der Waals surface area contributed by atoms with Gasteiger partial charge in [0, 0.05) is 50.0 Å². The molecule has 0 aliphatic carbocycles. The Hall–Kier alpha value is -2.65. The number of hydrogen-bond acceptors (Lipinski definition) is 13. The molecule has 13 heteroatoms. The number of aliphatic hydroxyl groups is 3. The van der Waals surface area contributed by atoms with Gasteiger partial charge in [0.05, 0.1) is 56.1 Å². The number of carbonyl (C=O) groups excluding carboxylic acids is 3. The Morgan fingerprint density at radius 3 is 2.39 bits per heavy atom. The van der Waals surface area contributed by atoms with E-state index in [1.54, 1.807) is 26.0 Å². The predicted molar refractivity (Wildman–Crippen MR) is 198 cm³/mol. The van der Waals surface area contributed by atoms with Gasteiger partial charge in [0.15, 0.2) is 12.4 Å². The van der Waals surface area contributed by atoms with Crippen molar-refractivity contribution < 1.29 is 62.9 Å². The second-order valence-corrected chi connectivity index (χ2v) is 15.9. The molecule has 6 bridgehead atoms. The van der Waals surface area contributed by atoms with Gasteiger partial charge in [0.1, 0.15) is 12.4 Å². The van der Waals surface area contributed by atoms with Crippen molar-refractivity contribution >= 4 is 18.2 Å². The first-order valence-corrected chi connectivity index (χ1v) is 19.9. The second kappa shape index (κ2) is 21.0. The summed E-state index contributed by atoms with van der Waals surface area (Å²) in [5, 5.41) is 34.1. The number of fused-ring (bicyclic) bond motifs is 6. The van der Waals surface area contributed by atoms with Crippen molar-refractivity contribution in [3.63, 3.8) is 0 Å². The quantitative estimate of drug-likeness (QED) is 0.0816. The Balaban J connectivity index is 1.72. The fourth-order valence-electron chi connectivity index (χ4n) is 7.93. The van der Waals surface area contributed by atoms with Gasteiger partial charge in [0.2, 0.25) is 5.79 Å². The van der Waals surface area contributed by atoms with Crippen LogP contribution in [0.25, 0.3) is 0 Å². The van der Waals surface area contributed by atoms with Crippen molar-refractivity contribution in [1.29, 1.82) is 0 Å². The highest BCUT2D eigenvalue weighted by molar-refractivity contribution is 5.83. The monoisotopic (exact) mass is 764 g/mol. The Morgan fingerprint density at radius 1 is 0.963 bits per heavy atom. The molecule has 4 aliphatic heterocycles. The third kappa shape index (κ3) is 12.7. The van der Waals surface area contributed by atoms with Gasteiger partial charge in [0.25, 0.3) is 0 Å². The Kier molecular flexibility index (Phi) is 17.2. The molecule has 13 nitrogen and oxygen atoms in total. The molecule has 0 saturated carbocycles. The largest absolute Gasteiger partial charge is 0.493 e. The highest BCUT2D eigenvalue weighted by Gasteiger charge is 2.57. The molecule has 54 heavy (non-hydrogen) atoms. The van der Waals surface area contributed by atoms with Crippen LogP contribution in [0.5, 0.6) is 0 Å². The summed E-state index contributed by atoms with van der Waals surface area (Å²) in [5.41, 5.74) is -1.05. The summed E-state index contributed by atoms with van der Waals surface area (Å²) in [4.78, 5) is 37.7. The van der Waals surface area contributed by atoms with Crippen molar-refractivity contribution in [3.8, 4) is 0 Å². The standard InChI is InChI=1S/C41H64O13/c1-6-7-8-9-10-14-36(45)53-39-28(21-37(46)48-5)20-34-25-35(26-43)49-27(2)19-29(44)22-30-12-11-13-31(50-30)23-33-24-32(16-18-42)51-38(52-33)15-17-40(3,4)41(39,47)54-34/h15,17-18,21,29-35,38-39,43-44,47H,2,6-14,16,19-20,22-26H2,1,3-5H3/b17-15+,28-21+/t29-,30-,31?,32-,33?,34-,35+,38-,39-,41+/m0/s1. The lowest BCUT2D eigenvalue weighted by Crippen LogP contribution is -2.62. The van der Waals surface area contributed by atoms with E-state index in [-0.39, 0.29) is 61.7 Å². The molecule has 2 unspecified atom stereocenters. The van der Waals surface area contributed by atoms with Crippen LogP contribution in [-0.2, 0) is 47.5 Å². The van der Waals surface area contributed by atoms with Gasteiger partial charge < -0.3 is 53.3 Å². The molecule has 4 rings (SSSR count). The molecule has 0 radical (unpaired) electrons. The van der Waals surface area contributed by atoms with Gasteiger partial charge in [-0.25, -0.2) is 4.79 Å². The van der Waals surface area contributed by atoms with Gasteiger partial charge >= 0.3 is 11.9 Å². The Bertz CT molecular complexity index is 1300. The third-order valence-electron chi connectivity index (χ3n) is 10.9. The van der Waals surface area contributed by atoms with Crippen LogP contribution in [0.2, 0.25) is 0 Å². The molecule has 10 atom stereocenters. The minimum absolute atomic E-state index is 0.0463. The average molecular weight is 765 g/mol. The summed E-state index contributed by atoms with van der Waals surface area (Å²) >= 11 is 0. The van der Waals surface area contributed by atoms with Crippen LogP contribution in [0, 0.1) is 5.41 Å². The van der Waals surface area contributed by atoms with Gasteiger partial charge in [-0.05, 0) is 50.2 Å². The first kappa shape index (κ1) is 44.1. The lowest BCUT2D eigenvalue weighted by atomic mass is 9.74. The molecule has 4 heterocycles. The SMILES string of the molecule is C=C1C[C@H](O)C[C@@H]2CCCC(CC3C[C@H](CC=O)O[C@H](/C=C/C(C)(C)[C@]4(O)O[C@@H](C/C(=C\C(=O)OC)[C@@H]4OC(=O)CCCCCCC)C[C@H](CO)O1)O3)O2. The van der Waals surface area contributed by atoms with Gasteiger partial charge in [-0.15, -0.1) is 0 Å². The van der Waals surface area contributed by atoms with Gasteiger partial charge in [-0.3, -0.25) is 4.79 Å². The maximum absolute atomic E-state index is 13.4. The summed E-state index contributed by atoms with van der Waals surface area (Å²) in [6, 6.07) is 0. The number of methoxy groups -OCH3 is 1. The van der Waals surface area contributed by atoms with Crippen LogP contribution < -0.4 is 0 Å². The molecule has 0 aromatic carbocycles. The lowest BCUT2D eigenvalue weighted by Gasteiger charge is -2.51. The van der Waals surface area contributed by atoms with E-state index in [4.69, 9.17) is 33.2 Å². The smallest absolute Gasteiger partial charge is 0.330 e. The first-order chi connectivity index (χ1) is 25.8. The molecule has 3 saturated heterocycles. The molecule has 3 N–H and O–H groups in total. The minimum Gasteiger partial charge on any atom is -0.493 e. The van der Waals surface area contributed by atoms with Crippen LogP contribution in [-0.4, -0.2) is 108 Å². The minimum atomic E-state index is -2.25. The van der Waals surface area contributed by atoms with E-state index >= 15 is 0 Å². The summed E-state index contributed by atoms with van der Waals surface area (Å²) in [6.07, 6.45) is 8.74. The van der Waals surface area contributed by atoms with E-state index in [9.17, 15) is 29.7 Å². The highest BCUT2D eigenvalue weighted by atomic mass is 16.7. The number of esters is 2. The number of ether oxygens (including phenoxy) is 7. The van der Waals surface area contributed by atoms with Gasteiger partial charge in [-0.2, -0.15) is 0 Å². The molecule has 306 valence electrons. The number of unbranched alkanes of at least 4 members (excludes halogenated alkanes) is 4. The van der Waals surface area contributed by atoms with Crippen LogP contribution in [0.1, 0.15) is 124 Å². The van der Waals surface area contributed by atoms with Gasteiger partial charge in [-0.1, -0.05) is 59.1 Å². The van der Waals surface area contributed by atoms with Crippen molar-refractivity contribution in [1.82, 2.24) is 0 Å². The second-order valence-electron chi connectivity index (χ2n) is 15.9. The number of aliphatic hydroxyl groups excluding tert-OH is 2. The normalized spacial score (nSPS) is 36.3. The van der Waals surface area contributed by atoms with Crippen LogP contribution >= 0.6 is 0 Å². The molecule has 0 aromatic heterocycles. The summed E-state index contributed by atoms with van der Waals surface area (Å²) in [5.74, 6) is -3.23. The molecule has 0 aromatic rings. The number of aldehydes is 1. The van der Waals surface area contributed by atoms with Crippen LogP contribution in [0.15, 0.2) is 36.1 Å². The van der Waals surface area contributed by atoms with Crippen LogP contribution in [0.3, 0.4) is 0 Å². The fraction of sp³-hybridized carbons (Fsp3) is 0.780. The van der Waals surface area contributed by atoms with Crippen molar-refractivity contribution in [2.45, 2.75) is 184 Å². The topological polar surface area (TPSA) is 177 Å². The maximum Gasteiger partial charge on any atom is 0.330 e. The zero-order chi connectivity index (χ0) is 39.3. The molecular weight excluding hydrogens is 700 g/mol. The zero-order valence-electron chi connectivity index (χ0n) is 32.7. The molecule has 0 amide bonds. The van der Waals surface area contributed by atoms with E-state index in [1.165, 1.54) is 13.2 Å². The lowest BCUT2D eigenvalue weighted by molar-refractivity contribution is -0.327. The van der Waals surface area contributed by atoms with Crippen LogP contribution in [0.4, 0.5) is 0 Å². The van der Waals surface area contributed by atoms with E-state index in [0.29, 0.717) is 25.7 Å². The molecule has 3 fully saturated rings. The highest BCUT2D eigenvalue weighted by Crippen LogP contribution is 2.47. The van der Waals surface area contributed by atoms with E-state index in [2.05, 4.69) is 13.5 Å². The van der Waals surface area contributed by atoms with Crippen molar-refractivity contribution in [2.24, 2.45) is 5.41 Å². The first-order valence-electron chi connectivity index (χ1n) is 19.9. The fourth-order valence-corrected chi connectivity index (χ4v) is 7.93. The predicted octanol–water partition coefficient (Wildman–Crippen LogP) is 5.27. The molecular formula is C41H64O13. The summed E-state index contributed by atoms with van der Waals surface area (Å²) in [7, 11) is 1.23. The zero-order valence-corrected chi connectivity index (χ0v) is 32.7. The third-order valence-corrected chi connectivity index (χ3v) is 10.9. The Morgan fingerprint density at radius 2 is 1.69 bits per heavy atom. The maximum atomic E-state index is 13.4. The van der Waals surface area contributed by atoms with E-state index in [1.807, 2.05) is 0 Å². The number of hydrogen-bond donors (Lipinski definition) is 3. The van der Waals surface area contributed by atoms with Crippen molar-refractivity contribution in [2.75, 3.05) is 13.7 Å².